The highest BCUT2D eigenvalue weighted by molar-refractivity contribution is 5.73. The number of methoxy groups -OCH3 is 1. The Morgan fingerprint density at radius 2 is 2.11 bits per heavy atom. The zero-order valence-corrected chi connectivity index (χ0v) is 11.4. The molecule has 1 atom stereocenters. The van der Waals surface area contributed by atoms with Crippen LogP contribution in [0.1, 0.15) is 26.5 Å². The van der Waals surface area contributed by atoms with Crippen LogP contribution in [-0.2, 0) is 20.7 Å². The van der Waals surface area contributed by atoms with E-state index in [1.54, 1.807) is 20.8 Å². The van der Waals surface area contributed by atoms with Gasteiger partial charge >= 0.3 is 12.1 Å². The SMILES string of the molecule is COC(Cc1cn(C(=O)OC(C)(C)C)cn1)C(=O)O. The number of aromatic nitrogens is 2. The van der Waals surface area contributed by atoms with Crippen LogP contribution < -0.4 is 0 Å². The minimum absolute atomic E-state index is 0.0850. The summed E-state index contributed by atoms with van der Waals surface area (Å²) in [5, 5.41) is 8.85. The van der Waals surface area contributed by atoms with Crippen molar-refractivity contribution < 1.29 is 24.2 Å². The number of carboxylic acids is 1. The Morgan fingerprint density at radius 3 is 2.58 bits per heavy atom. The number of carboxylic acid groups (broad SMARTS) is 1. The molecule has 1 N–H and O–H groups in total. The Labute approximate surface area is 111 Å². The van der Waals surface area contributed by atoms with Gasteiger partial charge in [0.15, 0.2) is 6.10 Å². The molecule has 0 aliphatic rings. The smallest absolute Gasteiger partial charge is 0.419 e. The first kappa shape index (κ1) is 15.2. The van der Waals surface area contributed by atoms with Crippen LogP contribution in [0.2, 0.25) is 0 Å². The minimum atomic E-state index is -1.07. The summed E-state index contributed by atoms with van der Waals surface area (Å²) < 4.78 is 11.1. The molecule has 1 heterocycles. The van der Waals surface area contributed by atoms with Gasteiger partial charge in [-0.3, -0.25) is 0 Å². The van der Waals surface area contributed by atoms with Crippen LogP contribution in [0.25, 0.3) is 0 Å². The molecule has 0 amide bonds. The van der Waals surface area contributed by atoms with Crippen LogP contribution in [0.4, 0.5) is 4.79 Å². The Hall–Kier alpha value is -1.89. The topological polar surface area (TPSA) is 90.7 Å². The van der Waals surface area contributed by atoms with Gasteiger partial charge in [0, 0.05) is 19.7 Å². The molecule has 19 heavy (non-hydrogen) atoms. The van der Waals surface area contributed by atoms with Gasteiger partial charge in [-0.05, 0) is 20.8 Å². The van der Waals surface area contributed by atoms with E-state index in [0.29, 0.717) is 5.69 Å². The predicted octanol–water partition coefficient (Wildman–Crippen LogP) is 1.31. The van der Waals surface area contributed by atoms with Gasteiger partial charge in [0.1, 0.15) is 11.9 Å². The Balaban J connectivity index is 2.72. The predicted molar refractivity (Wildman–Crippen MR) is 66.0 cm³/mol. The largest absolute Gasteiger partial charge is 0.479 e. The third kappa shape index (κ3) is 4.70. The van der Waals surface area contributed by atoms with E-state index in [9.17, 15) is 9.59 Å². The van der Waals surface area contributed by atoms with Gasteiger partial charge in [0.25, 0.3) is 0 Å². The van der Waals surface area contributed by atoms with Crippen molar-refractivity contribution >= 4 is 12.1 Å². The van der Waals surface area contributed by atoms with Gasteiger partial charge in [-0.15, -0.1) is 0 Å². The van der Waals surface area contributed by atoms with E-state index in [4.69, 9.17) is 14.6 Å². The molecular weight excluding hydrogens is 252 g/mol. The number of imidazole rings is 1. The number of hydrogen-bond donors (Lipinski definition) is 1. The number of carbonyl (C=O) groups excluding carboxylic acids is 1. The fourth-order valence-corrected chi connectivity index (χ4v) is 1.34. The molecule has 0 saturated heterocycles. The molecule has 7 nitrogen and oxygen atoms in total. The van der Waals surface area contributed by atoms with Crippen LogP contribution in [0.15, 0.2) is 12.5 Å². The molecule has 0 aliphatic carbocycles. The number of ether oxygens (including phenoxy) is 2. The summed E-state index contributed by atoms with van der Waals surface area (Å²) in [6.07, 6.45) is 1.26. The van der Waals surface area contributed by atoms with E-state index >= 15 is 0 Å². The lowest BCUT2D eigenvalue weighted by molar-refractivity contribution is -0.148. The normalized spacial score (nSPS) is 13.1. The molecule has 0 bridgehead atoms. The van der Waals surface area contributed by atoms with Crippen LogP contribution >= 0.6 is 0 Å². The zero-order chi connectivity index (χ0) is 14.6. The molecule has 0 fully saturated rings. The van der Waals surface area contributed by atoms with E-state index in [1.807, 2.05) is 0 Å². The molecule has 1 rings (SSSR count). The second-order valence-electron chi connectivity index (χ2n) is 5.02. The standard InChI is InChI=1S/C12H18N2O5/c1-12(2,3)19-11(17)14-6-8(13-7-14)5-9(18-4)10(15)16/h6-7,9H,5H2,1-4H3,(H,15,16). The van der Waals surface area contributed by atoms with Gasteiger partial charge in [0.05, 0.1) is 5.69 Å². The first-order chi connectivity index (χ1) is 8.73. The lowest BCUT2D eigenvalue weighted by atomic mass is 10.2. The van der Waals surface area contributed by atoms with Crippen molar-refractivity contribution in [3.05, 3.63) is 18.2 Å². The second-order valence-corrected chi connectivity index (χ2v) is 5.02. The molecule has 0 saturated carbocycles. The molecule has 1 aromatic heterocycles. The Kier molecular flexibility index (Phi) is 4.66. The summed E-state index contributed by atoms with van der Waals surface area (Å²) in [4.78, 5) is 26.5. The molecule has 0 radical (unpaired) electrons. The third-order valence-corrected chi connectivity index (χ3v) is 2.19. The molecule has 7 heteroatoms. The number of nitrogens with zero attached hydrogens (tertiary/aromatic N) is 2. The summed E-state index contributed by atoms with van der Waals surface area (Å²) in [5.74, 6) is -1.07. The van der Waals surface area contributed by atoms with Crippen LogP contribution in [0.5, 0.6) is 0 Å². The number of rotatable bonds is 4. The van der Waals surface area contributed by atoms with Gasteiger partial charge in [0.2, 0.25) is 0 Å². The van der Waals surface area contributed by atoms with Crippen LogP contribution in [0.3, 0.4) is 0 Å². The van der Waals surface area contributed by atoms with Crippen LogP contribution in [0, 0.1) is 0 Å². The first-order valence-corrected chi connectivity index (χ1v) is 5.75. The Bertz CT molecular complexity index is 461. The molecule has 106 valence electrons. The maximum Gasteiger partial charge on any atom is 0.419 e. The zero-order valence-electron chi connectivity index (χ0n) is 11.4. The average Bonchev–Trinajstić information content (AvgIpc) is 2.71. The number of carbonyl (C=O) groups is 2. The summed E-state index contributed by atoms with van der Waals surface area (Å²) in [6, 6.07) is 0. The fourth-order valence-electron chi connectivity index (χ4n) is 1.34. The maximum absolute atomic E-state index is 11.7. The van der Waals surface area contributed by atoms with Crippen molar-refractivity contribution in [2.24, 2.45) is 0 Å². The van der Waals surface area contributed by atoms with Gasteiger partial charge in [-0.1, -0.05) is 0 Å². The molecule has 0 aliphatic heterocycles. The van der Waals surface area contributed by atoms with Gasteiger partial charge < -0.3 is 14.6 Å². The highest BCUT2D eigenvalue weighted by atomic mass is 16.6. The van der Waals surface area contributed by atoms with Crippen molar-refractivity contribution in [2.75, 3.05) is 7.11 Å². The number of hydrogen-bond acceptors (Lipinski definition) is 5. The molecule has 1 unspecified atom stereocenters. The molecule has 1 aromatic rings. The van der Waals surface area contributed by atoms with Gasteiger partial charge in [-0.25, -0.2) is 19.1 Å². The summed E-state index contributed by atoms with van der Waals surface area (Å²) in [7, 11) is 1.31. The Morgan fingerprint density at radius 1 is 1.47 bits per heavy atom. The van der Waals surface area contributed by atoms with E-state index in [-0.39, 0.29) is 6.42 Å². The van der Waals surface area contributed by atoms with Crippen molar-refractivity contribution in [2.45, 2.75) is 38.9 Å². The summed E-state index contributed by atoms with van der Waals surface area (Å²) in [5.41, 5.74) is -0.155. The summed E-state index contributed by atoms with van der Waals surface area (Å²) in [6.45, 7) is 5.27. The summed E-state index contributed by atoms with van der Waals surface area (Å²) >= 11 is 0. The molecule has 0 spiro atoms. The van der Waals surface area contributed by atoms with Gasteiger partial charge in [-0.2, -0.15) is 0 Å². The first-order valence-electron chi connectivity index (χ1n) is 5.75. The van der Waals surface area contributed by atoms with Crippen LogP contribution in [-0.4, -0.2) is 45.5 Å². The van der Waals surface area contributed by atoms with Crippen molar-refractivity contribution in [1.82, 2.24) is 9.55 Å². The average molecular weight is 270 g/mol. The van der Waals surface area contributed by atoms with E-state index < -0.39 is 23.8 Å². The monoisotopic (exact) mass is 270 g/mol. The lowest BCUT2D eigenvalue weighted by Crippen LogP contribution is -2.26. The lowest BCUT2D eigenvalue weighted by Gasteiger charge is -2.19. The maximum atomic E-state index is 11.7. The molecular formula is C12H18N2O5. The number of aliphatic carboxylic acids is 1. The van der Waals surface area contributed by atoms with Crippen molar-refractivity contribution in [3.63, 3.8) is 0 Å². The quantitative estimate of drug-likeness (QED) is 0.887. The van der Waals surface area contributed by atoms with E-state index in [0.717, 1.165) is 0 Å². The minimum Gasteiger partial charge on any atom is -0.479 e. The fraction of sp³-hybridized carbons (Fsp3) is 0.583. The highest BCUT2D eigenvalue weighted by Gasteiger charge is 2.21. The van der Waals surface area contributed by atoms with Crippen molar-refractivity contribution in [1.29, 1.82) is 0 Å². The highest BCUT2D eigenvalue weighted by Crippen LogP contribution is 2.10. The van der Waals surface area contributed by atoms with E-state index in [1.165, 1.54) is 24.2 Å². The van der Waals surface area contributed by atoms with E-state index in [2.05, 4.69) is 4.98 Å². The second kappa shape index (κ2) is 5.83. The van der Waals surface area contributed by atoms with Crippen molar-refractivity contribution in [3.8, 4) is 0 Å². The molecule has 0 aromatic carbocycles. The third-order valence-electron chi connectivity index (χ3n) is 2.19.